The van der Waals surface area contributed by atoms with Gasteiger partial charge >= 0.3 is 5.69 Å². The lowest BCUT2D eigenvalue weighted by Crippen LogP contribution is -2.32. The number of thiazole rings is 1. The van der Waals surface area contributed by atoms with E-state index in [0.29, 0.717) is 15.7 Å². The van der Waals surface area contributed by atoms with Crippen LogP contribution in [-0.2, 0) is 0 Å². The molecule has 3 aromatic rings. The van der Waals surface area contributed by atoms with Crippen molar-refractivity contribution in [3.8, 4) is 0 Å². The summed E-state index contributed by atoms with van der Waals surface area (Å²) in [6.07, 6.45) is 0. The minimum Gasteiger partial charge on any atom is -0.296 e. The molecule has 0 unspecified atom stereocenters. The van der Waals surface area contributed by atoms with Crippen molar-refractivity contribution < 1.29 is 4.79 Å². The number of amides is 1. The molecule has 0 aliphatic carbocycles. The fraction of sp³-hybridized carbons (Fsp3) is 0. The van der Waals surface area contributed by atoms with Gasteiger partial charge in [0.1, 0.15) is 0 Å². The number of halogens is 1. The third-order valence-corrected chi connectivity index (χ3v) is 3.67. The van der Waals surface area contributed by atoms with Crippen molar-refractivity contribution in [2.75, 3.05) is 5.32 Å². The molecule has 10 heteroatoms. The van der Waals surface area contributed by atoms with Crippen LogP contribution in [0.1, 0.15) is 10.5 Å². The second-order valence-corrected chi connectivity index (χ2v) is 5.41. The highest BCUT2D eigenvalue weighted by atomic mass is 35.5. The third-order valence-electron chi connectivity index (χ3n) is 2.50. The highest BCUT2D eigenvalue weighted by molar-refractivity contribution is 7.22. The van der Waals surface area contributed by atoms with E-state index in [1.807, 2.05) is 10.1 Å². The van der Waals surface area contributed by atoms with Crippen molar-refractivity contribution in [3.05, 3.63) is 49.8 Å². The Kier molecular flexibility index (Phi) is 3.28. The summed E-state index contributed by atoms with van der Waals surface area (Å²) in [6, 6.07) is 5.12. The quantitative estimate of drug-likeness (QED) is 0.649. The maximum Gasteiger partial charge on any atom is 0.342 e. The van der Waals surface area contributed by atoms with E-state index < -0.39 is 22.9 Å². The molecular formula is C11H6ClN5O3S. The van der Waals surface area contributed by atoms with Gasteiger partial charge in [0, 0.05) is 5.02 Å². The number of aromatic nitrogens is 4. The van der Waals surface area contributed by atoms with Crippen molar-refractivity contribution >= 4 is 44.2 Å². The van der Waals surface area contributed by atoms with Gasteiger partial charge in [0.2, 0.25) is 5.69 Å². The number of nitrogens with zero attached hydrogens (tertiary/aromatic N) is 2. The number of anilines is 1. The Morgan fingerprint density at radius 1 is 1.33 bits per heavy atom. The average Bonchev–Trinajstić information content (AvgIpc) is 2.79. The van der Waals surface area contributed by atoms with Crippen LogP contribution in [0.3, 0.4) is 0 Å². The van der Waals surface area contributed by atoms with Crippen LogP contribution in [0.5, 0.6) is 0 Å². The lowest BCUT2D eigenvalue weighted by molar-refractivity contribution is 0.101. The van der Waals surface area contributed by atoms with Crippen LogP contribution >= 0.6 is 22.9 Å². The highest BCUT2D eigenvalue weighted by Crippen LogP contribution is 2.28. The zero-order valence-electron chi connectivity index (χ0n) is 10.1. The Hall–Kier alpha value is -2.52. The van der Waals surface area contributed by atoms with Gasteiger partial charge in [-0.05, 0) is 18.2 Å². The number of aromatic amines is 2. The number of hydrogen-bond acceptors (Lipinski definition) is 6. The standard InChI is InChI=1S/C11H6ClN5O3S/c12-4-1-2-5-6(3-4)21-11(13-5)15-9(19)7-8(18)14-10(20)17-16-7/h1-3H,(H,13,15,19)(H2,14,17,18,20). The molecule has 106 valence electrons. The van der Waals surface area contributed by atoms with Gasteiger partial charge in [0.15, 0.2) is 5.13 Å². The second-order valence-electron chi connectivity index (χ2n) is 3.94. The molecule has 0 fully saturated rings. The van der Waals surface area contributed by atoms with E-state index in [1.165, 1.54) is 11.3 Å². The van der Waals surface area contributed by atoms with E-state index in [9.17, 15) is 14.4 Å². The lowest BCUT2D eigenvalue weighted by atomic mass is 10.3. The summed E-state index contributed by atoms with van der Waals surface area (Å²) in [7, 11) is 0. The molecule has 8 nitrogen and oxygen atoms in total. The Morgan fingerprint density at radius 2 is 2.14 bits per heavy atom. The molecule has 3 rings (SSSR count). The van der Waals surface area contributed by atoms with Gasteiger partial charge in [0.05, 0.1) is 10.2 Å². The molecule has 0 aliphatic heterocycles. The second kappa shape index (κ2) is 5.11. The SMILES string of the molecule is O=C(Nc1nc2ccc(Cl)cc2s1)c1n[nH]c(=O)[nH]c1=O. The molecule has 0 atom stereocenters. The lowest BCUT2D eigenvalue weighted by Gasteiger charge is -1.98. The maximum absolute atomic E-state index is 11.9. The molecule has 2 heterocycles. The molecule has 21 heavy (non-hydrogen) atoms. The largest absolute Gasteiger partial charge is 0.342 e. The van der Waals surface area contributed by atoms with Crippen molar-refractivity contribution in [1.29, 1.82) is 0 Å². The van der Waals surface area contributed by atoms with Crippen LogP contribution in [0, 0.1) is 0 Å². The molecule has 0 bridgehead atoms. The molecule has 1 amide bonds. The summed E-state index contributed by atoms with van der Waals surface area (Å²) < 4.78 is 0.793. The summed E-state index contributed by atoms with van der Waals surface area (Å²) in [5.74, 6) is -0.766. The predicted octanol–water partition coefficient (Wildman–Crippen LogP) is 0.974. The monoisotopic (exact) mass is 323 g/mol. The Labute approximate surface area is 124 Å². The van der Waals surface area contributed by atoms with Gasteiger partial charge in [-0.1, -0.05) is 22.9 Å². The first-order valence-corrected chi connectivity index (χ1v) is 6.79. The van der Waals surface area contributed by atoms with Crippen LogP contribution in [0.4, 0.5) is 5.13 Å². The van der Waals surface area contributed by atoms with E-state index >= 15 is 0 Å². The van der Waals surface area contributed by atoms with Gasteiger partial charge in [-0.15, -0.1) is 0 Å². The molecule has 1 aromatic carbocycles. The molecule has 3 N–H and O–H groups in total. The number of H-pyrrole nitrogens is 2. The van der Waals surface area contributed by atoms with Gasteiger partial charge in [0.25, 0.3) is 11.5 Å². The fourth-order valence-electron chi connectivity index (χ4n) is 1.61. The topological polar surface area (TPSA) is 121 Å². The molecule has 0 aliphatic rings. The minimum atomic E-state index is -0.875. The van der Waals surface area contributed by atoms with Crippen molar-refractivity contribution in [3.63, 3.8) is 0 Å². The average molecular weight is 324 g/mol. The van der Waals surface area contributed by atoms with E-state index in [-0.39, 0.29) is 0 Å². The maximum atomic E-state index is 11.9. The van der Waals surface area contributed by atoms with Gasteiger partial charge in [-0.2, -0.15) is 5.10 Å². The normalized spacial score (nSPS) is 10.7. The Morgan fingerprint density at radius 3 is 2.90 bits per heavy atom. The molecular weight excluding hydrogens is 318 g/mol. The number of hydrogen-bond donors (Lipinski definition) is 3. The molecule has 0 saturated carbocycles. The highest BCUT2D eigenvalue weighted by Gasteiger charge is 2.15. The molecule has 0 saturated heterocycles. The van der Waals surface area contributed by atoms with Crippen molar-refractivity contribution in [2.45, 2.75) is 0 Å². The van der Waals surface area contributed by atoms with Gasteiger partial charge in [-0.25, -0.2) is 14.9 Å². The van der Waals surface area contributed by atoms with Crippen LogP contribution in [0.25, 0.3) is 10.2 Å². The summed E-state index contributed by atoms with van der Waals surface area (Å²) in [6.45, 7) is 0. The smallest absolute Gasteiger partial charge is 0.296 e. The van der Waals surface area contributed by atoms with E-state index in [4.69, 9.17) is 11.6 Å². The number of rotatable bonds is 2. The van der Waals surface area contributed by atoms with Gasteiger partial charge < -0.3 is 0 Å². The zero-order chi connectivity index (χ0) is 15.0. The first-order valence-electron chi connectivity index (χ1n) is 5.59. The van der Waals surface area contributed by atoms with E-state index in [2.05, 4.69) is 15.4 Å². The minimum absolute atomic E-state index is 0.296. The summed E-state index contributed by atoms with van der Waals surface area (Å²) >= 11 is 7.07. The number of nitrogens with one attached hydrogen (secondary N) is 3. The summed E-state index contributed by atoms with van der Waals surface area (Å²) in [5.41, 5.74) is -1.44. The number of carbonyl (C=O) groups is 1. The van der Waals surface area contributed by atoms with Crippen LogP contribution in [-0.4, -0.2) is 26.1 Å². The van der Waals surface area contributed by atoms with E-state index in [1.54, 1.807) is 18.2 Å². The summed E-state index contributed by atoms with van der Waals surface area (Å²) in [5, 5.41) is 8.69. The van der Waals surface area contributed by atoms with Crippen LogP contribution in [0.2, 0.25) is 5.02 Å². The van der Waals surface area contributed by atoms with Crippen molar-refractivity contribution in [1.82, 2.24) is 20.2 Å². The fourth-order valence-corrected chi connectivity index (χ4v) is 2.75. The Balaban J connectivity index is 1.92. The van der Waals surface area contributed by atoms with Gasteiger partial charge in [-0.3, -0.25) is 19.9 Å². The summed E-state index contributed by atoms with van der Waals surface area (Å²) in [4.78, 5) is 40.3. The van der Waals surface area contributed by atoms with Crippen LogP contribution in [0.15, 0.2) is 27.8 Å². The molecule has 2 aromatic heterocycles. The van der Waals surface area contributed by atoms with Crippen molar-refractivity contribution in [2.24, 2.45) is 0 Å². The first kappa shape index (κ1) is 13.5. The molecule has 0 radical (unpaired) electrons. The third kappa shape index (κ3) is 2.69. The number of benzene rings is 1. The molecule has 0 spiro atoms. The number of carbonyl (C=O) groups excluding carboxylic acids is 1. The Bertz CT molecular complexity index is 960. The number of fused-ring (bicyclic) bond motifs is 1. The zero-order valence-corrected chi connectivity index (χ0v) is 11.7. The van der Waals surface area contributed by atoms with E-state index in [0.717, 1.165) is 4.70 Å². The first-order chi connectivity index (χ1) is 10.0. The van der Waals surface area contributed by atoms with Crippen LogP contribution < -0.4 is 16.6 Å². The predicted molar refractivity (Wildman–Crippen MR) is 78.1 cm³/mol.